The molecule has 0 saturated carbocycles. The number of halogens is 4. The van der Waals surface area contributed by atoms with Crippen LogP contribution in [0.25, 0.3) is 0 Å². The first kappa shape index (κ1) is 20.6. The first-order valence-corrected chi connectivity index (χ1v) is 9.00. The van der Waals surface area contributed by atoms with Crippen LogP contribution in [0.15, 0.2) is 54.6 Å². The molecule has 1 aromatic heterocycles. The van der Waals surface area contributed by atoms with Crippen molar-refractivity contribution < 1.29 is 22.4 Å². The van der Waals surface area contributed by atoms with E-state index in [2.05, 4.69) is 5.32 Å². The van der Waals surface area contributed by atoms with Crippen molar-refractivity contribution in [3.05, 3.63) is 94.1 Å². The lowest BCUT2D eigenvalue weighted by Gasteiger charge is -2.14. The normalized spacial score (nSPS) is 11.5. The Labute approximate surface area is 166 Å². The average Bonchev–Trinajstić information content (AvgIpc) is 2.92. The van der Waals surface area contributed by atoms with Crippen LogP contribution in [0.4, 0.5) is 17.6 Å². The highest BCUT2D eigenvalue weighted by atomic mass is 19.4. The van der Waals surface area contributed by atoms with Crippen molar-refractivity contribution in [2.45, 2.75) is 33.1 Å². The van der Waals surface area contributed by atoms with Gasteiger partial charge in [0.25, 0.3) is 5.91 Å². The first-order valence-electron chi connectivity index (χ1n) is 9.00. The van der Waals surface area contributed by atoms with E-state index in [1.54, 1.807) is 23.6 Å². The van der Waals surface area contributed by atoms with Crippen molar-refractivity contribution in [2.75, 3.05) is 0 Å². The Kier molecular flexibility index (Phi) is 5.77. The molecule has 3 nitrogen and oxygen atoms in total. The minimum absolute atomic E-state index is 0.0353. The van der Waals surface area contributed by atoms with Gasteiger partial charge in [-0.2, -0.15) is 13.2 Å². The predicted octanol–water partition coefficient (Wildman–Crippen LogP) is 5.24. The van der Waals surface area contributed by atoms with E-state index >= 15 is 0 Å². The van der Waals surface area contributed by atoms with Crippen LogP contribution < -0.4 is 5.32 Å². The SMILES string of the molecule is Cc1cc(C)n(Cc2cccc(F)c2)c1C(=O)NCc1cccc(C(F)(F)F)c1. The second kappa shape index (κ2) is 8.11. The zero-order valence-electron chi connectivity index (χ0n) is 16.0. The Morgan fingerprint density at radius 3 is 2.38 bits per heavy atom. The molecule has 152 valence electrons. The lowest BCUT2D eigenvalue weighted by molar-refractivity contribution is -0.137. The van der Waals surface area contributed by atoms with Crippen LogP contribution in [-0.4, -0.2) is 10.5 Å². The summed E-state index contributed by atoms with van der Waals surface area (Å²) in [6, 6.07) is 12.8. The van der Waals surface area contributed by atoms with Gasteiger partial charge in [0.1, 0.15) is 11.5 Å². The summed E-state index contributed by atoms with van der Waals surface area (Å²) < 4.78 is 53.8. The van der Waals surface area contributed by atoms with Crippen molar-refractivity contribution in [3.63, 3.8) is 0 Å². The van der Waals surface area contributed by atoms with Crippen molar-refractivity contribution in [2.24, 2.45) is 0 Å². The number of carbonyl (C=O) groups excluding carboxylic acids is 1. The molecule has 2 aromatic carbocycles. The van der Waals surface area contributed by atoms with Gasteiger partial charge in [-0.3, -0.25) is 4.79 Å². The molecule has 0 aliphatic carbocycles. The Bertz CT molecular complexity index is 1040. The van der Waals surface area contributed by atoms with E-state index in [9.17, 15) is 22.4 Å². The van der Waals surface area contributed by atoms with Gasteiger partial charge in [0.15, 0.2) is 0 Å². The van der Waals surface area contributed by atoms with Gasteiger partial charge in [0.2, 0.25) is 0 Å². The van der Waals surface area contributed by atoms with E-state index in [1.807, 2.05) is 13.0 Å². The van der Waals surface area contributed by atoms with Crippen LogP contribution in [0.5, 0.6) is 0 Å². The predicted molar refractivity (Wildman–Crippen MR) is 102 cm³/mol. The fourth-order valence-electron chi connectivity index (χ4n) is 3.30. The summed E-state index contributed by atoms with van der Waals surface area (Å²) >= 11 is 0. The topological polar surface area (TPSA) is 34.0 Å². The maximum atomic E-state index is 13.5. The standard InChI is InChI=1S/C22H20F4N2O/c1-14-9-15(2)28(13-17-6-4-8-19(23)11-17)20(14)21(29)27-12-16-5-3-7-18(10-16)22(24,25)26/h3-11H,12-13H2,1-2H3,(H,27,29). The summed E-state index contributed by atoms with van der Waals surface area (Å²) in [6.45, 7) is 3.90. The molecule has 3 rings (SSSR count). The smallest absolute Gasteiger partial charge is 0.347 e. The fraction of sp³-hybridized carbons (Fsp3) is 0.227. The minimum atomic E-state index is -4.44. The van der Waals surface area contributed by atoms with Crippen LogP contribution in [0.1, 0.15) is 38.4 Å². The Morgan fingerprint density at radius 1 is 1.00 bits per heavy atom. The van der Waals surface area contributed by atoms with E-state index in [0.29, 0.717) is 23.4 Å². The van der Waals surface area contributed by atoms with Crippen molar-refractivity contribution in [3.8, 4) is 0 Å². The quantitative estimate of drug-likeness (QED) is 0.580. The summed E-state index contributed by atoms with van der Waals surface area (Å²) in [7, 11) is 0. The molecule has 0 atom stereocenters. The lowest BCUT2D eigenvalue weighted by Crippen LogP contribution is -2.27. The highest BCUT2D eigenvalue weighted by molar-refractivity contribution is 5.94. The molecule has 1 heterocycles. The molecule has 7 heteroatoms. The third kappa shape index (κ3) is 4.85. The van der Waals surface area contributed by atoms with Crippen LogP contribution in [0.2, 0.25) is 0 Å². The average molecular weight is 404 g/mol. The highest BCUT2D eigenvalue weighted by Crippen LogP contribution is 2.29. The zero-order valence-corrected chi connectivity index (χ0v) is 16.0. The number of rotatable bonds is 5. The number of hydrogen-bond acceptors (Lipinski definition) is 1. The molecule has 3 aromatic rings. The molecule has 0 unspecified atom stereocenters. The van der Waals surface area contributed by atoms with Gasteiger partial charge in [-0.1, -0.05) is 24.3 Å². The molecule has 0 fully saturated rings. The highest BCUT2D eigenvalue weighted by Gasteiger charge is 2.30. The second-order valence-electron chi connectivity index (χ2n) is 6.91. The molecule has 0 radical (unpaired) electrons. The Balaban J connectivity index is 1.79. The maximum Gasteiger partial charge on any atom is 0.416 e. The molecular formula is C22H20F4N2O. The first-order chi connectivity index (χ1) is 13.6. The monoisotopic (exact) mass is 404 g/mol. The molecule has 0 aliphatic heterocycles. The minimum Gasteiger partial charge on any atom is -0.347 e. The number of nitrogens with one attached hydrogen (secondary N) is 1. The van der Waals surface area contributed by atoms with Crippen LogP contribution in [0, 0.1) is 19.7 Å². The molecule has 1 amide bonds. The number of aromatic nitrogens is 1. The van der Waals surface area contributed by atoms with E-state index in [1.165, 1.54) is 24.3 Å². The largest absolute Gasteiger partial charge is 0.416 e. The van der Waals surface area contributed by atoms with Crippen LogP contribution in [-0.2, 0) is 19.3 Å². The van der Waals surface area contributed by atoms with Crippen molar-refractivity contribution >= 4 is 5.91 Å². The summed E-state index contributed by atoms with van der Waals surface area (Å²) in [5, 5.41) is 2.68. The lowest BCUT2D eigenvalue weighted by atomic mass is 10.1. The zero-order chi connectivity index (χ0) is 21.2. The van der Waals surface area contributed by atoms with E-state index in [4.69, 9.17) is 0 Å². The maximum absolute atomic E-state index is 13.5. The van der Waals surface area contributed by atoms with E-state index in [0.717, 1.165) is 23.4 Å². The molecule has 1 N–H and O–H groups in total. The number of aryl methyl sites for hydroxylation is 2. The third-order valence-electron chi connectivity index (χ3n) is 4.65. The van der Waals surface area contributed by atoms with E-state index in [-0.39, 0.29) is 12.4 Å². The molecular weight excluding hydrogens is 384 g/mol. The van der Waals surface area contributed by atoms with Gasteiger partial charge >= 0.3 is 6.18 Å². The Hall–Kier alpha value is -3.09. The molecule has 29 heavy (non-hydrogen) atoms. The van der Waals surface area contributed by atoms with Gasteiger partial charge in [-0.15, -0.1) is 0 Å². The van der Waals surface area contributed by atoms with Crippen molar-refractivity contribution in [1.29, 1.82) is 0 Å². The van der Waals surface area contributed by atoms with E-state index < -0.39 is 17.6 Å². The van der Waals surface area contributed by atoms with Gasteiger partial charge in [0.05, 0.1) is 5.56 Å². The molecule has 0 bridgehead atoms. The number of benzene rings is 2. The van der Waals surface area contributed by atoms with Gasteiger partial charge in [0, 0.05) is 18.8 Å². The number of amides is 1. The summed E-state index contributed by atoms with van der Waals surface area (Å²) in [5.41, 5.74) is 2.27. The molecule has 0 aliphatic rings. The third-order valence-corrected chi connectivity index (χ3v) is 4.65. The number of alkyl halides is 3. The molecule has 0 spiro atoms. The second-order valence-corrected chi connectivity index (χ2v) is 6.91. The van der Waals surface area contributed by atoms with Crippen molar-refractivity contribution in [1.82, 2.24) is 9.88 Å². The van der Waals surface area contributed by atoms with Gasteiger partial charge < -0.3 is 9.88 Å². The van der Waals surface area contributed by atoms with Crippen LogP contribution >= 0.6 is 0 Å². The van der Waals surface area contributed by atoms with Gasteiger partial charge in [-0.05, 0) is 60.9 Å². The number of nitrogens with zero attached hydrogens (tertiary/aromatic N) is 1. The van der Waals surface area contributed by atoms with Gasteiger partial charge in [-0.25, -0.2) is 4.39 Å². The fourth-order valence-corrected chi connectivity index (χ4v) is 3.30. The number of carbonyl (C=O) groups is 1. The summed E-state index contributed by atoms with van der Waals surface area (Å²) in [5.74, 6) is -0.760. The summed E-state index contributed by atoms with van der Waals surface area (Å²) in [4.78, 5) is 12.8. The molecule has 0 saturated heterocycles. The van der Waals surface area contributed by atoms with Crippen LogP contribution in [0.3, 0.4) is 0 Å². The summed E-state index contributed by atoms with van der Waals surface area (Å²) in [6.07, 6.45) is -4.44. The number of hydrogen-bond donors (Lipinski definition) is 1. The Morgan fingerprint density at radius 2 is 1.69 bits per heavy atom.